The molecule has 0 saturated heterocycles. The molecular formula is C14H21BrN2O2S. The fraction of sp³-hybridized carbons (Fsp3) is 0.571. The van der Waals surface area contributed by atoms with Gasteiger partial charge in [-0.15, -0.1) is 0 Å². The monoisotopic (exact) mass is 360 g/mol. The molecule has 0 atom stereocenters. The van der Waals surface area contributed by atoms with Crippen molar-refractivity contribution in [2.45, 2.75) is 43.4 Å². The first-order valence-corrected chi connectivity index (χ1v) is 9.31. The average Bonchev–Trinajstić information content (AvgIpc) is 2.39. The van der Waals surface area contributed by atoms with Crippen LogP contribution < -0.4 is 10.5 Å². The molecule has 1 aromatic rings. The third kappa shape index (κ3) is 4.20. The Morgan fingerprint density at radius 3 is 2.60 bits per heavy atom. The third-order valence-electron chi connectivity index (χ3n) is 3.83. The number of nitrogens with two attached hydrogens (primary N) is 1. The van der Waals surface area contributed by atoms with Crippen molar-refractivity contribution in [3.05, 3.63) is 22.7 Å². The van der Waals surface area contributed by atoms with Crippen LogP contribution in [0.2, 0.25) is 0 Å². The first kappa shape index (κ1) is 15.8. The van der Waals surface area contributed by atoms with Gasteiger partial charge in [0.1, 0.15) is 4.90 Å². The quantitative estimate of drug-likeness (QED) is 0.791. The maximum atomic E-state index is 12.2. The number of nitrogen functional groups attached to an aromatic ring is 1. The second kappa shape index (κ2) is 6.91. The van der Waals surface area contributed by atoms with Crippen LogP contribution in [0.1, 0.15) is 38.5 Å². The summed E-state index contributed by atoms with van der Waals surface area (Å²) in [5, 5.41) is 0. The van der Waals surface area contributed by atoms with E-state index in [1.165, 1.54) is 38.2 Å². The maximum Gasteiger partial charge on any atom is 0.242 e. The Bertz CT molecular complexity index is 554. The number of nitrogens with one attached hydrogen (secondary N) is 1. The topological polar surface area (TPSA) is 72.2 Å². The minimum atomic E-state index is -3.50. The highest BCUT2D eigenvalue weighted by Gasteiger charge is 2.19. The molecular weight excluding hydrogens is 340 g/mol. The Labute approximate surface area is 129 Å². The molecule has 1 aliphatic carbocycles. The van der Waals surface area contributed by atoms with Gasteiger partial charge >= 0.3 is 0 Å². The van der Waals surface area contributed by atoms with Crippen LogP contribution in [0.4, 0.5) is 5.69 Å². The summed E-state index contributed by atoms with van der Waals surface area (Å²) in [6, 6.07) is 4.82. The van der Waals surface area contributed by atoms with Crippen molar-refractivity contribution in [2.75, 3.05) is 12.3 Å². The lowest BCUT2D eigenvalue weighted by molar-refractivity contribution is 0.339. The molecule has 112 valence electrons. The minimum absolute atomic E-state index is 0.157. The van der Waals surface area contributed by atoms with Crippen LogP contribution in [-0.2, 0) is 10.0 Å². The number of benzene rings is 1. The third-order valence-corrected chi connectivity index (χ3v) is 5.86. The summed E-state index contributed by atoms with van der Waals surface area (Å²) < 4.78 is 27.8. The van der Waals surface area contributed by atoms with Gasteiger partial charge < -0.3 is 5.73 Å². The first-order chi connectivity index (χ1) is 9.49. The molecule has 1 aromatic carbocycles. The predicted molar refractivity (Wildman–Crippen MR) is 84.9 cm³/mol. The summed E-state index contributed by atoms with van der Waals surface area (Å²) in [4.78, 5) is 0.157. The van der Waals surface area contributed by atoms with Crippen molar-refractivity contribution >= 4 is 31.6 Å². The number of halogens is 1. The van der Waals surface area contributed by atoms with E-state index in [9.17, 15) is 8.42 Å². The van der Waals surface area contributed by atoms with Gasteiger partial charge in [-0.2, -0.15) is 0 Å². The highest BCUT2D eigenvalue weighted by Crippen LogP contribution is 2.26. The first-order valence-electron chi connectivity index (χ1n) is 7.04. The summed E-state index contributed by atoms with van der Waals surface area (Å²) >= 11 is 3.27. The van der Waals surface area contributed by atoms with Crippen molar-refractivity contribution in [3.63, 3.8) is 0 Å². The molecule has 0 aromatic heterocycles. The van der Waals surface area contributed by atoms with E-state index in [-0.39, 0.29) is 10.6 Å². The molecule has 4 nitrogen and oxygen atoms in total. The molecule has 1 saturated carbocycles. The van der Waals surface area contributed by atoms with E-state index in [2.05, 4.69) is 20.7 Å². The van der Waals surface area contributed by atoms with Gasteiger partial charge in [-0.1, -0.05) is 48.0 Å². The van der Waals surface area contributed by atoms with Crippen LogP contribution in [-0.4, -0.2) is 15.0 Å². The molecule has 0 heterocycles. The highest BCUT2D eigenvalue weighted by atomic mass is 79.9. The smallest absolute Gasteiger partial charge is 0.242 e. The number of anilines is 1. The van der Waals surface area contributed by atoms with Crippen molar-refractivity contribution in [1.82, 2.24) is 4.72 Å². The molecule has 1 aliphatic rings. The van der Waals surface area contributed by atoms with Gasteiger partial charge in [0.2, 0.25) is 10.0 Å². The van der Waals surface area contributed by atoms with Gasteiger partial charge in [0.05, 0.1) is 5.69 Å². The second-order valence-corrected chi connectivity index (χ2v) is 8.02. The number of hydrogen-bond acceptors (Lipinski definition) is 3. The molecule has 0 amide bonds. The molecule has 6 heteroatoms. The van der Waals surface area contributed by atoms with E-state index in [0.717, 1.165) is 10.9 Å². The van der Waals surface area contributed by atoms with Crippen LogP contribution in [0.15, 0.2) is 27.6 Å². The molecule has 20 heavy (non-hydrogen) atoms. The van der Waals surface area contributed by atoms with E-state index in [1.807, 2.05) is 0 Å². The van der Waals surface area contributed by atoms with Gasteiger partial charge in [0.25, 0.3) is 0 Å². The maximum absolute atomic E-state index is 12.2. The lowest BCUT2D eigenvalue weighted by Gasteiger charge is -2.21. The van der Waals surface area contributed by atoms with Gasteiger partial charge in [-0.05, 0) is 30.5 Å². The Hall–Kier alpha value is -0.590. The van der Waals surface area contributed by atoms with E-state index in [0.29, 0.717) is 12.5 Å². The van der Waals surface area contributed by atoms with Gasteiger partial charge in [0, 0.05) is 11.0 Å². The molecule has 0 aliphatic heterocycles. The molecule has 0 bridgehead atoms. The Morgan fingerprint density at radius 2 is 1.95 bits per heavy atom. The average molecular weight is 361 g/mol. The SMILES string of the molecule is Nc1cc(Br)ccc1S(=O)(=O)NCCC1CCCCC1. The van der Waals surface area contributed by atoms with Gasteiger partial charge in [0.15, 0.2) is 0 Å². The second-order valence-electron chi connectivity index (χ2n) is 5.37. The lowest BCUT2D eigenvalue weighted by atomic mass is 9.87. The summed E-state index contributed by atoms with van der Waals surface area (Å²) in [5.41, 5.74) is 6.04. The van der Waals surface area contributed by atoms with Crippen molar-refractivity contribution < 1.29 is 8.42 Å². The summed E-state index contributed by atoms with van der Waals surface area (Å²) in [7, 11) is -3.50. The number of sulfonamides is 1. The molecule has 1 fully saturated rings. The number of rotatable bonds is 5. The normalized spacial score (nSPS) is 17.2. The van der Waals surface area contributed by atoms with E-state index >= 15 is 0 Å². The van der Waals surface area contributed by atoms with Crippen molar-refractivity contribution in [1.29, 1.82) is 0 Å². The Morgan fingerprint density at radius 1 is 1.25 bits per heavy atom. The van der Waals surface area contributed by atoms with Crippen molar-refractivity contribution in [3.8, 4) is 0 Å². The van der Waals surface area contributed by atoms with Gasteiger partial charge in [-0.3, -0.25) is 0 Å². The van der Waals surface area contributed by atoms with Crippen LogP contribution >= 0.6 is 15.9 Å². The summed E-state index contributed by atoms with van der Waals surface area (Å²) in [6.45, 7) is 0.489. The van der Waals surface area contributed by atoms with Crippen molar-refractivity contribution in [2.24, 2.45) is 5.92 Å². The Kier molecular flexibility index (Phi) is 5.46. The fourth-order valence-corrected chi connectivity index (χ4v) is 4.25. The highest BCUT2D eigenvalue weighted by molar-refractivity contribution is 9.10. The van der Waals surface area contributed by atoms with E-state index in [1.54, 1.807) is 12.1 Å². The van der Waals surface area contributed by atoms with Crippen LogP contribution in [0, 0.1) is 5.92 Å². The summed E-state index contributed by atoms with van der Waals surface area (Å²) in [5.74, 6) is 0.661. The number of hydrogen-bond donors (Lipinski definition) is 2. The zero-order valence-electron chi connectivity index (χ0n) is 11.4. The van der Waals surface area contributed by atoms with Gasteiger partial charge in [-0.25, -0.2) is 13.1 Å². The van der Waals surface area contributed by atoms with Crippen LogP contribution in [0.5, 0.6) is 0 Å². The summed E-state index contributed by atoms with van der Waals surface area (Å²) in [6.07, 6.45) is 7.23. The Balaban J connectivity index is 1.93. The lowest BCUT2D eigenvalue weighted by Crippen LogP contribution is -2.27. The predicted octanol–water partition coefficient (Wildman–Crippen LogP) is 3.28. The standard InChI is InChI=1S/C14H21BrN2O2S/c15-12-6-7-14(13(16)10-12)20(18,19)17-9-8-11-4-2-1-3-5-11/h6-7,10-11,17H,1-5,8-9,16H2. The zero-order chi connectivity index (χ0) is 14.6. The fourth-order valence-electron chi connectivity index (χ4n) is 2.72. The molecule has 2 rings (SSSR count). The minimum Gasteiger partial charge on any atom is -0.398 e. The molecule has 0 spiro atoms. The zero-order valence-corrected chi connectivity index (χ0v) is 13.8. The van der Waals surface area contributed by atoms with E-state index < -0.39 is 10.0 Å². The molecule has 3 N–H and O–H groups in total. The van der Waals surface area contributed by atoms with E-state index in [4.69, 9.17) is 5.73 Å². The van der Waals surface area contributed by atoms with Crippen LogP contribution in [0.3, 0.4) is 0 Å². The van der Waals surface area contributed by atoms with Crippen LogP contribution in [0.25, 0.3) is 0 Å². The largest absolute Gasteiger partial charge is 0.398 e. The molecule has 0 unspecified atom stereocenters. The molecule has 0 radical (unpaired) electrons.